The van der Waals surface area contributed by atoms with E-state index in [9.17, 15) is 0 Å². The van der Waals surface area contributed by atoms with E-state index in [0.717, 1.165) is 0 Å². The molecule has 4 aromatic carbocycles. The van der Waals surface area contributed by atoms with Gasteiger partial charge in [0.05, 0.1) is 0 Å². The maximum atomic E-state index is 8.76. The van der Waals surface area contributed by atoms with Crippen LogP contribution in [-0.2, 0) is 26.4 Å². The molecular weight excluding hydrogens is 743 g/mol. The minimum atomic E-state index is -4.84. The molecule has 1 fully saturated rings. The SMILES string of the molecule is CC1=Cc2c(-c3ccc(C(C)(C)C)cc3)cccc2[CH]1[Zr]([Cl])([Cl])([CH]1C(C2CCCC2)=Cc2c(-c3ccc(C(C)(C)C)cc3)cccc21)[SiH](C)C. The summed E-state index contributed by atoms with van der Waals surface area (Å²) in [5.74, 6) is -1.08. The van der Waals surface area contributed by atoms with Crippen molar-refractivity contribution in [2.24, 2.45) is 5.92 Å². The van der Waals surface area contributed by atoms with Gasteiger partial charge < -0.3 is 0 Å². The van der Waals surface area contributed by atoms with E-state index >= 15 is 0 Å². The molecule has 0 spiro atoms. The normalized spacial score (nSPS) is 20.4. The molecule has 4 aromatic rings. The Morgan fingerprint density at radius 1 is 0.600 bits per heavy atom. The number of fused-ring (bicyclic) bond motifs is 2. The Hall–Kier alpha value is -1.96. The Bertz CT molecular complexity index is 2000. The number of allylic oxidation sites excluding steroid dienone is 2. The molecule has 0 amide bonds. The maximum absolute atomic E-state index is 8.76. The van der Waals surface area contributed by atoms with Crippen molar-refractivity contribution in [2.45, 2.75) is 105 Å². The molecular formula is C46H55Cl2SiZr. The molecule has 1 saturated carbocycles. The Morgan fingerprint density at radius 2 is 1.04 bits per heavy atom. The summed E-state index contributed by atoms with van der Waals surface area (Å²) in [7, 11) is 17.5. The van der Waals surface area contributed by atoms with E-state index in [1.807, 2.05) is 0 Å². The zero-order valence-corrected chi connectivity index (χ0v) is 36.8. The molecule has 0 nitrogen and oxygen atoms in total. The summed E-state index contributed by atoms with van der Waals surface area (Å²) < 4.78 is 0.234. The second-order valence-electron chi connectivity index (χ2n) is 18.0. The van der Waals surface area contributed by atoms with E-state index in [4.69, 9.17) is 17.0 Å². The molecule has 2 atom stereocenters. The van der Waals surface area contributed by atoms with Gasteiger partial charge in [0, 0.05) is 0 Å². The first-order chi connectivity index (χ1) is 23.5. The van der Waals surface area contributed by atoms with Crippen molar-refractivity contribution < 1.29 is 15.6 Å². The monoisotopic (exact) mass is 795 g/mol. The Morgan fingerprint density at radius 3 is 1.48 bits per heavy atom. The predicted octanol–water partition coefficient (Wildman–Crippen LogP) is 14.4. The van der Waals surface area contributed by atoms with Gasteiger partial charge in [-0.05, 0) is 0 Å². The molecule has 261 valence electrons. The van der Waals surface area contributed by atoms with Crippen LogP contribution in [0.5, 0.6) is 0 Å². The van der Waals surface area contributed by atoms with Crippen LogP contribution in [0.1, 0.15) is 115 Å². The van der Waals surface area contributed by atoms with Crippen molar-refractivity contribution >= 4 is 35.1 Å². The molecule has 4 heteroatoms. The number of halogens is 2. The quantitative estimate of drug-likeness (QED) is 0.171. The molecule has 7 rings (SSSR count). The van der Waals surface area contributed by atoms with Crippen LogP contribution >= 0.6 is 17.0 Å². The summed E-state index contributed by atoms with van der Waals surface area (Å²) in [5, 5.41) is 0. The summed E-state index contributed by atoms with van der Waals surface area (Å²) >= 11 is -4.84. The standard InChI is InChI=1S/C24H27.C20H21.C2H7Si.2ClH.Zr/c1-24(2,3)21-13-11-18(12-14-21)22-10-6-9-19-15-20(16-23(19)22)17-7-4-5-8-17;1-14-12-16-6-5-7-18(19(16)13-14)15-8-10-17(11-9-15)20(2,3)4;1-3-2;;;/h6,9-17H,4-5,7-8H2,1-3H3;5-13H,1-4H3;3H,1-2H3;2*1H;/q;;;;;+2/p-2. The van der Waals surface area contributed by atoms with Crippen LogP contribution < -0.4 is 0 Å². The molecule has 0 saturated heterocycles. The van der Waals surface area contributed by atoms with Gasteiger partial charge in [0.25, 0.3) is 0 Å². The Balaban J connectivity index is 1.39. The van der Waals surface area contributed by atoms with Crippen LogP contribution in [0.25, 0.3) is 34.4 Å². The van der Waals surface area contributed by atoms with Gasteiger partial charge in [0.2, 0.25) is 0 Å². The van der Waals surface area contributed by atoms with Gasteiger partial charge in [0.15, 0.2) is 0 Å². The van der Waals surface area contributed by atoms with Crippen LogP contribution in [0.3, 0.4) is 0 Å². The molecule has 3 aliphatic carbocycles. The van der Waals surface area contributed by atoms with Crippen molar-refractivity contribution in [3.05, 3.63) is 129 Å². The van der Waals surface area contributed by atoms with E-state index in [-0.39, 0.29) is 18.1 Å². The van der Waals surface area contributed by atoms with Crippen LogP contribution in [-0.4, -0.2) is 5.92 Å². The third-order valence-electron chi connectivity index (χ3n) is 12.5. The fourth-order valence-electron chi connectivity index (χ4n) is 9.57. The van der Waals surface area contributed by atoms with Gasteiger partial charge in [-0.25, -0.2) is 0 Å². The first kappa shape index (κ1) is 36.4. The third kappa shape index (κ3) is 5.97. The third-order valence-corrected chi connectivity index (χ3v) is 64.5. The molecule has 2 unspecified atom stereocenters. The first-order valence-corrected chi connectivity index (χ1v) is 35.3. The second-order valence-corrected chi connectivity index (χ2v) is 60.5. The Kier molecular flexibility index (Phi) is 9.37. The van der Waals surface area contributed by atoms with Crippen molar-refractivity contribution in [3.63, 3.8) is 0 Å². The van der Waals surface area contributed by atoms with Crippen LogP contribution in [0, 0.1) is 5.92 Å². The Labute approximate surface area is 311 Å². The van der Waals surface area contributed by atoms with Gasteiger partial charge >= 0.3 is 314 Å². The van der Waals surface area contributed by atoms with Crippen LogP contribution in [0.15, 0.2) is 96.1 Å². The molecule has 0 N–H and O–H groups in total. The van der Waals surface area contributed by atoms with Crippen molar-refractivity contribution in [1.82, 2.24) is 0 Å². The van der Waals surface area contributed by atoms with Gasteiger partial charge in [-0.1, -0.05) is 0 Å². The van der Waals surface area contributed by atoms with Crippen molar-refractivity contribution in [2.75, 3.05) is 0 Å². The average Bonchev–Trinajstić information content (AvgIpc) is 3.81. The van der Waals surface area contributed by atoms with E-state index in [0.29, 0.717) is 5.92 Å². The van der Waals surface area contributed by atoms with Crippen molar-refractivity contribution in [1.29, 1.82) is 0 Å². The average molecular weight is 798 g/mol. The summed E-state index contributed by atoms with van der Waals surface area (Å²) in [6.07, 6.45) is 10.1. The number of hydrogen-bond acceptors (Lipinski definition) is 0. The van der Waals surface area contributed by atoms with Gasteiger partial charge in [0.1, 0.15) is 0 Å². The second kappa shape index (κ2) is 12.9. The topological polar surface area (TPSA) is 0 Å². The molecule has 0 heterocycles. The van der Waals surface area contributed by atoms with Crippen molar-refractivity contribution in [3.8, 4) is 22.3 Å². The van der Waals surface area contributed by atoms with Gasteiger partial charge in [-0.3, -0.25) is 0 Å². The number of hydrogen-bond donors (Lipinski definition) is 0. The summed E-state index contributed by atoms with van der Waals surface area (Å²) in [4.78, 5) is 0. The molecule has 0 bridgehead atoms. The van der Waals surface area contributed by atoms with Crippen LogP contribution in [0.4, 0.5) is 0 Å². The first-order valence-electron chi connectivity index (χ1n) is 18.9. The predicted molar refractivity (Wildman–Crippen MR) is 221 cm³/mol. The minimum absolute atomic E-state index is 0.103. The zero-order valence-electron chi connectivity index (χ0n) is 31.6. The van der Waals surface area contributed by atoms with E-state index in [1.54, 1.807) is 5.57 Å². The molecule has 0 aromatic heterocycles. The summed E-state index contributed by atoms with van der Waals surface area (Å²) in [6.45, 7) is 21.0. The van der Waals surface area contributed by atoms with Gasteiger partial charge in [-0.15, -0.1) is 0 Å². The summed E-state index contributed by atoms with van der Waals surface area (Å²) in [5.41, 5.74) is 16.5. The number of rotatable bonds is 6. The van der Waals surface area contributed by atoms with E-state index in [2.05, 4.69) is 159 Å². The molecule has 0 radical (unpaired) electrons. The molecule has 3 aliphatic rings. The van der Waals surface area contributed by atoms with Gasteiger partial charge in [-0.2, -0.15) is 0 Å². The molecule has 50 heavy (non-hydrogen) atoms. The van der Waals surface area contributed by atoms with E-state index < -0.39 is 21.5 Å². The number of benzene rings is 4. The summed E-state index contributed by atoms with van der Waals surface area (Å²) in [6, 6.07) is 32.4. The van der Waals surface area contributed by atoms with Crippen LogP contribution in [0.2, 0.25) is 13.1 Å². The fraction of sp³-hybridized carbons (Fsp3) is 0.391. The van der Waals surface area contributed by atoms with E-state index in [1.165, 1.54) is 86.9 Å². The zero-order chi connectivity index (χ0) is 35.8. The fourth-order valence-corrected chi connectivity index (χ4v) is 41.5. The molecule has 0 aliphatic heterocycles.